The average Bonchev–Trinajstić information content (AvgIpc) is 3.63. The molecule has 1 amide bonds. The first-order valence-corrected chi connectivity index (χ1v) is 12.9. The van der Waals surface area contributed by atoms with Crippen molar-refractivity contribution in [3.63, 3.8) is 0 Å². The van der Waals surface area contributed by atoms with E-state index in [4.69, 9.17) is 4.98 Å². The molecule has 0 bridgehead atoms. The fourth-order valence-corrected chi connectivity index (χ4v) is 4.89. The van der Waals surface area contributed by atoms with E-state index in [-0.39, 0.29) is 5.91 Å². The number of hydrogen-bond donors (Lipinski definition) is 4. The van der Waals surface area contributed by atoms with E-state index in [0.717, 1.165) is 66.3 Å². The molecule has 0 radical (unpaired) electrons. The molecule has 4 N–H and O–H groups in total. The minimum absolute atomic E-state index is 0.170. The van der Waals surface area contributed by atoms with E-state index >= 15 is 0 Å². The summed E-state index contributed by atoms with van der Waals surface area (Å²) in [7, 11) is 2.12. The number of imidazole rings is 2. The van der Waals surface area contributed by atoms with E-state index in [1.165, 1.54) is 0 Å². The first-order valence-electron chi connectivity index (χ1n) is 12.9. The molecule has 1 fully saturated rings. The first-order chi connectivity index (χ1) is 18.4. The van der Waals surface area contributed by atoms with Crippen LogP contribution in [-0.2, 0) is 6.54 Å². The van der Waals surface area contributed by atoms with Crippen molar-refractivity contribution in [2.75, 3.05) is 48.8 Å². The maximum absolute atomic E-state index is 13.6. The number of benzene rings is 2. The Balaban J connectivity index is 1.34. The number of aromatic amines is 2. The van der Waals surface area contributed by atoms with Crippen molar-refractivity contribution in [3.8, 4) is 0 Å². The molecule has 0 saturated carbocycles. The van der Waals surface area contributed by atoms with Gasteiger partial charge in [0.1, 0.15) is 0 Å². The Labute approximate surface area is 220 Å². The Morgan fingerprint density at radius 1 is 1.11 bits per heavy atom. The van der Waals surface area contributed by atoms with Gasteiger partial charge in [-0.1, -0.05) is 13.8 Å². The topological polar surface area (TPSA) is 123 Å². The van der Waals surface area contributed by atoms with Gasteiger partial charge in [0.15, 0.2) is 0 Å². The zero-order chi connectivity index (χ0) is 26.2. The van der Waals surface area contributed by atoms with Crippen LogP contribution in [0.4, 0.5) is 23.3 Å². The zero-order valence-electron chi connectivity index (χ0n) is 21.8. The summed E-state index contributed by atoms with van der Waals surface area (Å²) in [5.41, 5.74) is 4.63. The molecule has 1 aliphatic heterocycles. The Morgan fingerprint density at radius 3 is 2.76 bits per heavy atom. The van der Waals surface area contributed by atoms with Crippen molar-refractivity contribution in [2.24, 2.45) is 5.92 Å². The number of rotatable bonds is 7. The monoisotopic (exact) mass is 512 g/mol. The van der Waals surface area contributed by atoms with Gasteiger partial charge in [-0.15, -0.1) is 0 Å². The van der Waals surface area contributed by atoms with Gasteiger partial charge in [-0.25, -0.2) is 9.97 Å². The maximum Gasteiger partial charge on any atom is 0.257 e. The predicted octanol–water partition coefficient (Wildman–Crippen LogP) is 4.04. The van der Waals surface area contributed by atoms with Crippen molar-refractivity contribution in [2.45, 2.75) is 20.4 Å². The van der Waals surface area contributed by atoms with Gasteiger partial charge in [0.2, 0.25) is 11.9 Å². The van der Waals surface area contributed by atoms with Crippen molar-refractivity contribution in [1.82, 2.24) is 34.6 Å². The van der Waals surface area contributed by atoms with E-state index < -0.39 is 0 Å². The minimum atomic E-state index is -0.170. The molecule has 0 aliphatic carbocycles. The Kier molecular flexibility index (Phi) is 6.20. The molecule has 6 rings (SSSR count). The van der Waals surface area contributed by atoms with Crippen molar-refractivity contribution < 1.29 is 4.79 Å². The number of H-pyrrole nitrogens is 2. The second kappa shape index (κ2) is 9.82. The lowest BCUT2D eigenvalue weighted by Crippen LogP contribution is -2.45. The molecule has 11 nitrogen and oxygen atoms in total. The summed E-state index contributed by atoms with van der Waals surface area (Å²) in [6.07, 6.45) is 5.50. The van der Waals surface area contributed by atoms with Crippen LogP contribution < -0.4 is 15.5 Å². The number of fused-ring (bicyclic) bond motifs is 2. The molecular formula is C27H32N10O. The normalized spacial score (nSPS) is 14.6. The third-order valence-corrected chi connectivity index (χ3v) is 6.90. The van der Waals surface area contributed by atoms with Crippen molar-refractivity contribution >= 4 is 51.1 Å². The number of aromatic nitrogens is 6. The number of hydrogen-bond acceptors (Lipinski definition) is 7. The van der Waals surface area contributed by atoms with Crippen LogP contribution in [0.3, 0.4) is 0 Å². The van der Waals surface area contributed by atoms with E-state index in [9.17, 15) is 4.79 Å². The minimum Gasteiger partial charge on any atom is -0.368 e. The van der Waals surface area contributed by atoms with Crippen LogP contribution in [0.2, 0.25) is 0 Å². The molecule has 0 unspecified atom stereocenters. The fraction of sp³-hybridized carbons (Fsp3) is 0.333. The summed E-state index contributed by atoms with van der Waals surface area (Å²) in [6, 6.07) is 9.63. The highest BCUT2D eigenvalue weighted by Gasteiger charge is 2.23. The first kappa shape index (κ1) is 24.0. The van der Waals surface area contributed by atoms with E-state index in [1.807, 2.05) is 36.5 Å². The third-order valence-electron chi connectivity index (χ3n) is 6.90. The number of likely N-dealkylation sites (N-methyl/N-ethyl adjacent to an activating group) is 1. The zero-order valence-corrected chi connectivity index (χ0v) is 21.8. The molecule has 196 valence electrons. The van der Waals surface area contributed by atoms with Gasteiger partial charge in [0.25, 0.3) is 5.91 Å². The van der Waals surface area contributed by atoms with Gasteiger partial charge in [0, 0.05) is 56.2 Å². The largest absolute Gasteiger partial charge is 0.368 e. The molecule has 4 heterocycles. The molecule has 11 heteroatoms. The highest BCUT2D eigenvalue weighted by atomic mass is 16.1. The third kappa shape index (κ3) is 4.80. The molecular weight excluding hydrogens is 480 g/mol. The van der Waals surface area contributed by atoms with E-state index in [2.05, 4.69) is 66.1 Å². The van der Waals surface area contributed by atoms with Gasteiger partial charge >= 0.3 is 0 Å². The van der Waals surface area contributed by atoms with Gasteiger partial charge in [-0.05, 0) is 43.3 Å². The SMILES string of the molecule is CC(C)Cn1ccnc1Nc1nc2cc(N3CCN(C)CC3)c(C(=O)Nc3ccc4cn[nH]c4c3)cc2[nH]1. The average molecular weight is 513 g/mol. The van der Waals surface area contributed by atoms with E-state index in [1.54, 1.807) is 12.4 Å². The molecule has 2 aromatic carbocycles. The van der Waals surface area contributed by atoms with Crippen LogP contribution in [0.15, 0.2) is 48.9 Å². The second-order valence-corrected chi connectivity index (χ2v) is 10.3. The summed E-state index contributed by atoms with van der Waals surface area (Å²) in [5.74, 6) is 1.63. The lowest BCUT2D eigenvalue weighted by molar-refractivity contribution is 0.102. The van der Waals surface area contributed by atoms with Crippen LogP contribution in [0.5, 0.6) is 0 Å². The van der Waals surface area contributed by atoms with Crippen LogP contribution in [0, 0.1) is 5.92 Å². The highest BCUT2D eigenvalue weighted by Crippen LogP contribution is 2.30. The second-order valence-electron chi connectivity index (χ2n) is 10.3. The molecule has 3 aromatic heterocycles. The van der Waals surface area contributed by atoms with Crippen LogP contribution in [0.1, 0.15) is 24.2 Å². The van der Waals surface area contributed by atoms with Crippen molar-refractivity contribution in [1.29, 1.82) is 0 Å². The predicted molar refractivity (Wildman–Crippen MR) is 150 cm³/mol. The van der Waals surface area contributed by atoms with Crippen molar-refractivity contribution in [3.05, 3.63) is 54.5 Å². The number of nitrogens with one attached hydrogen (secondary N) is 4. The highest BCUT2D eigenvalue weighted by molar-refractivity contribution is 6.11. The van der Waals surface area contributed by atoms with Crippen LogP contribution in [-0.4, -0.2) is 73.8 Å². The summed E-state index contributed by atoms with van der Waals surface area (Å²) in [5, 5.41) is 14.4. The lowest BCUT2D eigenvalue weighted by atomic mass is 10.1. The number of carbonyl (C=O) groups is 1. The Bertz CT molecular complexity index is 1590. The Morgan fingerprint density at radius 2 is 1.95 bits per heavy atom. The number of piperazine rings is 1. The maximum atomic E-state index is 13.6. The number of carbonyl (C=O) groups excluding carboxylic acids is 1. The molecule has 0 spiro atoms. The quantitative estimate of drug-likeness (QED) is 0.260. The number of nitrogens with zero attached hydrogens (tertiary/aromatic N) is 6. The summed E-state index contributed by atoms with van der Waals surface area (Å²) < 4.78 is 2.07. The molecule has 38 heavy (non-hydrogen) atoms. The lowest BCUT2D eigenvalue weighted by Gasteiger charge is -2.35. The van der Waals surface area contributed by atoms with Gasteiger partial charge in [-0.3, -0.25) is 15.2 Å². The van der Waals surface area contributed by atoms with Crippen LogP contribution in [0.25, 0.3) is 21.9 Å². The number of anilines is 4. The van der Waals surface area contributed by atoms with E-state index in [0.29, 0.717) is 23.1 Å². The smallest absolute Gasteiger partial charge is 0.257 e. The fourth-order valence-electron chi connectivity index (χ4n) is 4.89. The standard InChI is InChI=1S/C27H32N10O/c1-17(2)16-37-7-6-28-27(37)33-26-31-22-13-20(24(14-23(22)32-26)36-10-8-35(3)9-11-36)25(38)30-19-5-4-18-15-29-34-21(18)12-19/h4-7,12-15,17H,8-11,16H2,1-3H3,(H,29,34)(H,30,38)(H2,28,31,32,33). The summed E-state index contributed by atoms with van der Waals surface area (Å²) in [4.78, 5) is 30.8. The molecule has 0 atom stereocenters. The molecule has 1 aliphatic rings. The number of amides is 1. The van der Waals surface area contributed by atoms with Crippen LogP contribution >= 0.6 is 0 Å². The molecule has 5 aromatic rings. The van der Waals surface area contributed by atoms with Gasteiger partial charge in [0.05, 0.1) is 34.0 Å². The Hall–Kier alpha value is -4.38. The summed E-state index contributed by atoms with van der Waals surface area (Å²) in [6.45, 7) is 8.73. The molecule has 1 saturated heterocycles. The van der Waals surface area contributed by atoms with Gasteiger partial charge in [-0.2, -0.15) is 5.10 Å². The summed E-state index contributed by atoms with van der Waals surface area (Å²) >= 11 is 0. The van der Waals surface area contributed by atoms with Gasteiger partial charge < -0.3 is 24.7 Å².